The molecule has 0 amide bonds. The molecule has 3 nitrogen and oxygen atoms in total. The summed E-state index contributed by atoms with van der Waals surface area (Å²) in [6, 6.07) is 15.7. The largest absolute Gasteiger partial charge is 0.497 e. The number of fused-ring (bicyclic) bond motifs is 1. The van der Waals surface area contributed by atoms with Crippen molar-refractivity contribution in [3.63, 3.8) is 0 Å². The van der Waals surface area contributed by atoms with Crippen LogP contribution in [0.4, 0.5) is 0 Å². The summed E-state index contributed by atoms with van der Waals surface area (Å²) in [7, 11) is 1.72. The molecule has 25 heavy (non-hydrogen) atoms. The minimum atomic E-state index is 0.144. The molecule has 0 unspecified atom stereocenters. The number of methoxy groups -OCH3 is 1. The summed E-state index contributed by atoms with van der Waals surface area (Å²) in [5, 5.41) is 0. The molecule has 0 radical (unpaired) electrons. The highest BCUT2D eigenvalue weighted by Crippen LogP contribution is 2.42. The molecular formula is C22H29NO2. The SMILES string of the molecule is COc1cc2c(c(OC(C)C)c1)[C@@H](C)N(Cc1ccccc1)[C@H](C)C2. The van der Waals surface area contributed by atoms with Gasteiger partial charge in [-0.05, 0) is 51.3 Å². The Morgan fingerprint density at radius 2 is 1.84 bits per heavy atom. The zero-order chi connectivity index (χ0) is 18.0. The van der Waals surface area contributed by atoms with Crippen LogP contribution in [0.25, 0.3) is 0 Å². The van der Waals surface area contributed by atoms with Gasteiger partial charge < -0.3 is 9.47 Å². The van der Waals surface area contributed by atoms with Crippen LogP contribution in [0.3, 0.4) is 0 Å². The van der Waals surface area contributed by atoms with Gasteiger partial charge >= 0.3 is 0 Å². The number of hydrogen-bond acceptors (Lipinski definition) is 3. The van der Waals surface area contributed by atoms with E-state index in [-0.39, 0.29) is 6.10 Å². The number of hydrogen-bond donors (Lipinski definition) is 0. The van der Waals surface area contributed by atoms with Crippen molar-refractivity contribution >= 4 is 0 Å². The maximum absolute atomic E-state index is 6.15. The Morgan fingerprint density at radius 3 is 2.48 bits per heavy atom. The standard InChI is InChI=1S/C22H29NO2/c1-15(2)25-21-13-20(24-5)12-19-11-16(3)23(17(4)22(19)21)14-18-9-7-6-8-10-18/h6-10,12-13,15-17H,11,14H2,1-5H3/t16-,17-/m1/s1. The lowest BCUT2D eigenvalue weighted by atomic mass is 9.88. The summed E-state index contributed by atoms with van der Waals surface area (Å²) in [4.78, 5) is 2.57. The van der Waals surface area contributed by atoms with Crippen molar-refractivity contribution in [3.05, 3.63) is 59.2 Å². The Hall–Kier alpha value is -2.00. The quantitative estimate of drug-likeness (QED) is 0.766. The molecule has 1 aliphatic rings. The second kappa shape index (κ2) is 7.49. The number of benzene rings is 2. The van der Waals surface area contributed by atoms with Crippen LogP contribution in [0.15, 0.2) is 42.5 Å². The van der Waals surface area contributed by atoms with Crippen molar-refractivity contribution in [1.82, 2.24) is 4.90 Å². The number of ether oxygens (including phenoxy) is 2. The molecule has 0 N–H and O–H groups in total. The second-order valence-electron chi connectivity index (χ2n) is 7.25. The molecule has 1 heterocycles. The fourth-order valence-electron chi connectivity index (χ4n) is 3.84. The van der Waals surface area contributed by atoms with E-state index in [9.17, 15) is 0 Å². The predicted octanol–water partition coefficient (Wildman–Crippen LogP) is 4.99. The van der Waals surface area contributed by atoms with E-state index in [1.54, 1.807) is 7.11 Å². The molecule has 0 aromatic heterocycles. The molecule has 3 heteroatoms. The predicted molar refractivity (Wildman–Crippen MR) is 102 cm³/mol. The van der Waals surface area contributed by atoms with Crippen molar-refractivity contribution in [2.24, 2.45) is 0 Å². The molecule has 0 bridgehead atoms. The van der Waals surface area contributed by atoms with Gasteiger partial charge in [0.25, 0.3) is 0 Å². The van der Waals surface area contributed by atoms with Crippen LogP contribution in [0.1, 0.15) is 50.4 Å². The lowest BCUT2D eigenvalue weighted by Crippen LogP contribution is -2.40. The molecule has 134 valence electrons. The fraction of sp³-hybridized carbons (Fsp3) is 0.455. The van der Waals surface area contributed by atoms with Crippen LogP contribution in [-0.2, 0) is 13.0 Å². The molecule has 0 aliphatic carbocycles. The van der Waals surface area contributed by atoms with Crippen molar-refractivity contribution < 1.29 is 9.47 Å². The first-order chi connectivity index (χ1) is 12.0. The highest BCUT2D eigenvalue weighted by atomic mass is 16.5. The summed E-state index contributed by atoms with van der Waals surface area (Å²) in [6.45, 7) is 9.70. The van der Waals surface area contributed by atoms with E-state index in [4.69, 9.17) is 9.47 Å². The molecule has 0 saturated heterocycles. The van der Waals surface area contributed by atoms with E-state index in [0.29, 0.717) is 12.1 Å². The molecule has 3 rings (SSSR count). The zero-order valence-corrected chi connectivity index (χ0v) is 16.0. The minimum absolute atomic E-state index is 0.144. The average Bonchev–Trinajstić information content (AvgIpc) is 2.58. The maximum atomic E-state index is 6.15. The Kier molecular flexibility index (Phi) is 5.33. The molecule has 2 aromatic carbocycles. The Balaban J connectivity index is 1.97. The molecule has 2 aromatic rings. The fourth-order valence-corrected chi connectivity index (χ4v) is 3.84. The smallest absolute Gasteiger partial charge is 0.128 e. The zero-order valence-electron chi connectivity index (χ0n) is 16.0. The van der Waals surface area contributed by atoms with Gasteiger partial charge in [0.2, 0.25) is 0 Å². The molecule has 0 spiro atoms. The van der Waals surface area contributed by atoms with Gasteiger partial charge in [0.05, 0.1) is 13.2 Å². The van der Waals surface area contributed by atoms with Crippen molar-refractivity contribution in [2.45, 2.75) is 58.8 Å². The summed E-state index contributed by atoms with van der Waals surface area (Å²) in [6.07, 6.45) is 1.16. The third-order valence-electron chi connectivity index (χ3n) is 5.00. The molecular weight excluding hydrogens is 310 g/mol. The lowest BCUT2D eigenvalue weighted by Gasteiger charge is -2.41. The number of nitrogens with zero attached hydrogens (tertiary/aromatic N) is 1. The Bertz CT molecular complexity index is 711. The van der Waals surface area contributed by atoms with Gasteiger partial charge in [0.15, 0.2) is 0 Å². The topological polar surface area (TPSA) is 21.7 Å². The van der Waals surface area contributed by atoms with Gasteiger partial charge in [-0.3, -0.25) is 4.90 Å². The molecule has 0 saturated carbocycles. The van der Waals surface area contributed by atoms with E-state index >= 15 is 0 Å². The van der Waals surface area contributed by atoms with E-state index in [1.807, 2.05) is 6.07 Å². The van der Waals surface area contributed by atoms with Crippen molar-refractivity contribution in [3.8, 4) is 11.5 Å². The van der Waals surface area contributed by atoms with Gasteiger partial charge in [0, 0.05) is 30.3 Å². The molecule has 2 atom stereocenters. The van der Waals surface area contributed by atoms with Crippen LogP contribution in [0, 0.1) is 0 Å². The highest BCUT2D eigenvalue weighted by Gasteiger charge is 2.32. The first-order valence-electron chi connectivity index (χ1n) is 9.16. The van der Waals surface area contributed by atoms with E-state index in [0.717, 1.165) is 24.5 Å². The number of rotatable bonds is 5. The third kappa shape index (κ3) is 3.82. The summed E-state index contributed by atoms with van der Waals surface area (Å²) < 4.78 is 11.7. The summed E-state index contributed by atoms with van der Waals surface area (Å²) in [5.41, 5.74) is 4.01. The Labute approximate surface area is 151 Å². The van der Waals surface area contributed by atoms with Gasteiger partial charge in [-0.25, -0.2) is 0 Å². The monoisotopic (exact) mass is 339 g/mol. The van der Waals surface area contributed by atoms with Crippen molar-refractivity contribution in [2.75, 3.05) is 7.11 Å². The Morgan fingerprint density at radius 1 is 1.12 bits per heavy atom. The lowest BCUT2D eigenvalue weighted by molar-refractivity contribution is 0.123. The third-order valence-corrected chi connectivity index (χ3v) is 5.00. The van der Waals surface area contributed by atoms with Crippen LogP contribution >= 0.6 is 0 Å². The van der Waals surface area contributed by atoms with E-state index < -0.39 is 0 Å². The molecule has 1 aliphatic heterocycles. The van der Waals surface area contributed by atoms with E-state index in [1.165, 1.54) is 16.7 Å². The van der Waals surface area contributed by atoms with Crippen LogP contribution in [-0.4, -0.2) is 24.2 Å². The van der Waals surface area contributed by atoms with Crippen LogP contribution in [0.2, 0.25) is 0 Å². The van der Waals surface area contributed by atoms with Crippen molar-refractivity contribution in [1.29, 1.82) is 0 Å². The summed E-state index contributed by atoms with van der Waals surface area (Å²) in [5.74, 6) is 1.84. The van der Waals surface area contributed by atoms with E-state index in [2.05, 4.69) is 69.0 Å². The van der Waals surface area contributed by atoms with Gasteiger partial charge in [-0.1, -0.05) is 30.3 Å². The first kappa shape index (κ1) is 17.8. The first-order valence-corrected chi connectivity index (χ1v) is 9.16. The minimum Gasteiger partial charge on any atom is -0.497 e. The normalized spacial score (nSPS) is 20.4. The van der Waals surface area contributed by atoms with Crippen LogP contribution in [0.5, 0.6) is 11.5 Å². The average molecular weight is 339 g/mol. The second-order valence-corrected chi connectivity index (χ2v) is 7.25. The van der Waals surface area contributed by atoms with Crippen LogP contribution < -0.4 is 9.47 Å². The summed E-state index contributed by atoms with van der Waals surface area (Å²) >= 11 is 0. The van der Waals surface area contributed by atoms with Gasteiger partial charge in [-0.15, -0.1) is 0 Å². The molecule has 0 fully saturated rings. The van der Waals surface area contributed by atoms with Gasteiger partial charge in [0.1, 0.15) is 11.5 Å². The maximum Gasteiger partial charge on any atom is 0.128 e. The van der Waals surface area contributed by atoms with Gasteiger partial charge in [-0.2, -0.15) is 0 Å². The highest BCUT2D eigenvalue weighted by molar-refractivity contribution is 5.50.